The molecule has 0 aliphatic heterocycles. The number of nitrogens with one attached hydrogen (secondary N) is 1. The van der Waals surface area contributed by atoms with Gasteiger partial charge in [-0.1, -0.05) is 67.8 Å². The zero-order valence-electron chi connectivity index (χ0n) is 17.5. The molecule has 1 aliphatic carbocycles. The third-order valence-corrected chi connectivity index (χ3v) is 6.48. The minimum absolute atomic E-state index is 0.413. The van der Waals surface area contributed by atoms with Gasteiger partial charge in [-0.25, -0.2) is 0 Å². The molecule has 0 amide bonds. The average Bonchev–Trinajstić information content (AvgIpc) is 3.17. The molecule has 0 radical (unpaired) electrons. The van der Waals surface area contributed by atoms with Gasteiger partial charge in [0.1, 0.15) is 0 Å². The van der Waals surface area contributed by atoms with Crippen LogP contribution in [0.1, 0.15) is 68.0 Å². The summed E-state index contributed by atoms with van der Waals surface area (Å²) < 4.78 is 2.60. The van der Waals surface area contributed by atoms with Gasteiger partial charge in [-0.15, -0.1) is 0 Å². The average molecular weight is 390 g/mol. The second kappa shape index (κ2) is 10.1. The van der Waals surface area contributed by atoms with Gasteiger partial charge >= 0.3 is 0 Å². The fourth-order valence-corrected chi connectivity index (χ4v) is 4.96. The normalized spacial score (nSPS) is 16.3. The van der Waals surface area contributed by atoms with Crippen LogP contribution >= 0.6 is 0 Å². The van der Waals surface area contributed by atoms with Crippen LogP contribution in [0.15, 0.2) is 60.8 Å². The van der Waals surface area contributed by atoms with Crippen molar-refractivity contribution in [3.8, 4) is 0 Å². The molecule has 1 unspecified atom stereocenters. The Morgan fingerprint density at radius 3 is 2.48 bits per heavy atom. The summed E-state index contributed by atoms with van der Waals surface area (Å²) >= 11 is 0. The van der Waals surface area contributed by atoms with E-state index in [1.807, 2.05) is 0 Å². The Morgan fingerprint density at radius 2 is 1.69 bits per heavy atom. The largest absolute Gasteiger partial charge is 0.344 e. The molecular formula is C26H35N3. The molecule has 4 rings (SSSR count). The molecule has 0 spiro atoms. The first-order valence-corrected chi connectivity index (χ1v) is 11.4. The van der Waals surface area contributed by atoms with Gasteiger partial charge in [0.05, 0.1) is 0 Å². The number of fused-ring (bicyclic) bond motifs is 1. The smallest absolute Gasteiger partial charge is 0.0485 e. The quantitative estimate of drug-likeness (QED) is 0.467. The lowest BCUT2D eigenvalue weighted by atomic mass is 9.88. The third-order valence-electron chi connectivity index (χ3n) is 6.48. The molecule has 1 aliphatic rings. The van der Waals surface area contributed by atoms with Gasteiger partial charge in [0, 0.05) is 29.1 Å². The van der Waals surface area contributed by atoms with Crippen molar-refractivity contribution in [2.45, 2.75) is 56.9 Å². The van der Waals surface area contributed by atoms with E-state index in [-0.39, 0.29) is 0 Å². The molecule has 3 heteroatoms. The van der Waals surface area contributed by atoms with Gasteiger partial charge in [0.2, 0.25) is 0 Å². The highest BCUT2D eigenvalue weighted by Crippen LogP contribution is 2.38. The molecular weight excluding hydrogens is 354 g/mol. The van der Waals surface area contributed by atoms with Crippen LogP contribution < -0.4 is 11.1 Å². The van der Waals surface area contributed by atoms with E-state index in [1.165, 1.54) is 54.1 Å². The van der Waals surface area contributed by atoms with Gasteiger partial charge in [0.25, 0.3) is 0 Å². The summed E-state index contributed by atoms with van der Waals surface area (Å²) in [5.74, 6) is 0.413. The predicted molar refractivity (Wildman–Crippen MR) is 124 cm³/mol. The number of para-hydroxylation sites is 1. The first-order valence-electron chi connectivity index (χ1n) is 11.4. The minimum Gasteiger partial charge on any atom is -0.344 e. The first kappa shape index (κ1) is 20.2. The highest BCUT2D eigenvalue weighted by atomic mass is 15.0. The van der Waals surface area contributed by atoms with Crippen LogP contribution in [0.5, 0.6) is 0 Å². The number of hydrogen-bond donors (Lipinski definition) is 2. The molecule has 3 aromatic rings. The van der Waals surface area contributed by atoms with Gasteiger partial charge in [-0.3, -0.25) is 0 Å². The van der Waals surface area contributed by atoms with Crippen molar-refractivity contribution in [3.05, 3.63) is 71.9 Å². The van der Waals surface area contributed by atoms with Crippen molar-refractivity contribution in [1.82, 2.24) is 9.88 Å². The topological polar surface area (TPSA) is 43.0 Å². The number of hydrogen-bond acceptors (Lipinski definition) is 2. The monoisotopic (exact) mass is 389 g/mol. The van der Waals surface area contributed by atoms with Crippen LogP contribution in [0.4, 0.5) is 0 Å². The summed E-state index contributed by atoms with van der Waals surface area (Å²) in [5.41, 5.74) is 9.96. The second-order valence-corrected chi connectivity index (χ2v) is 8.44. The van der Waals surface area contributed by atoms with Gasteiger partial charge in [-0.05, 0) is 62.5 Å². The summed E-state index contributed by atoms with van der Waals surface area (Å²) in [4.78, 5) is 0. The molecule has 2 aromatic carbocycles. The third kappa shape index (κ3) is 4.73. The van der Waals surface area contributed by atoms with E-state index in [0.717, 1.165) is 32.5 Å². The maximum Gasteiger partial charge on any atom is 0.0485 e. The van der Waals surface area contributed by atoms with Crippen LogP contribution in [0.2, 0.25) is 0 Å². The Labute approximate surface area is 175 Å². The lowest BCUT2D eigenvalue weighted by molar-refractivity contribution is 0.360. The number of aromatic nitrogens is 1. The Morgan fingerprint density at radius 1 is 0.931 bits per heavy atom. The van der Waals surface area contributed by atoms with Crippen LogP contribution in [-0.4, -0.2) is 24.2 Å². The van der Waals surface area contributed by atoms with E-state index in [0.29, 0.717) is 12.0 Å². The molecule has 3 N–H and O–H groups in total. The Hall–Kier alpha value is -2.10. The Bertz CT molecular complexity index is 877. The van der Waals surface area contributed by atoms with Crippen LogP contribution in [0.25, 0.3) is 10.9 Å². The molecule has 3 nitrogen and oxygen atoms in total. The summed E-state index contributed by atoms with van der Waals surface area (Å²) in [6, 6.07) is 20.7. The molecule has 0 saturated heterocycles. The zero-order chi connectivity index (χ0) is 19.9. The minimum atomic E-state index is 0.413. The van der Waals surface area contributed by atoms with Crippen LogP contribution in [0, 0.1) is 0 Å². The van der Waals surface area contributed by atoms with E-state index < -0.39 is 0 Å². The molecule has 1 saturated carbocycles. The lowest BCUT2D eigenvalue weighted by Gasteiger charge is -2.24. The highest BCUT2D eigenvalue weighted by Gasteiger charge is 2.23. The standard InChI is InChI=1S/C26H35N3/c27-17-9-18-28-19-16-23(21-10-3-1-4-11-21)25-20-29(22-12-5-2-6-13-22)26-15-8-7-14-24(25)26/h1,3-4,7-8,10-11,14-15,20,22-23,28H,2,5-6,9,12-13,16-19,27H2. The summed E-state index contributed by atoms with van der Waals surface area (Å²) in [5, 5.41) is 5.01. The van der Waals surface area contributed by atoms with Gasteiger partial charge < -0.3 is 15.6 Å². The van der Waals surface area contributed by atoms with E-state index >= 15 is 0 Å². The lowest BCUT2D eigenvalue weighted by Crippen LogP contribution is -2.21. The van der Waals surface area contributed by atoms with Crippen molar-refractivity contribution < 1.29 is 0 Å². The second-order valence-electron chi connectivity index (χ2n) is 8.44. The van der Waals surface area contributed by atoms with Crippen LogP contribution in [0.3, 0.4) is 0 Å². The van der Waals surface area contributed by atoms with Crippen molar-refractivity contribution >= 4 is 10.9 Å². The predicted octanol–water partition coefficient (Wildman–Crippen LogP) is 5.61. The summed E-state index contributed by atoms with van der Waals surface area (Å²) in [6.45, 7) is 2.77. The molecule has 154 valence electrons. The van der Waals surface area contributed by atoms with E-state index in [4.69, 9.17) is 5.73 Å². The SMILES string of the molecule is NCCCNCCC(c1ccccc1)c1cn(C2CCCCC2)c2ccccc12. The first-order chi connectivity index (χ1) is 14.4. The fourth-order valence-electron chi connectivity index (χ4n) is 4.96. The van der Waals surface area contributed by atoms with Gasteiger partial charge in [0.15, 0.2) is 0 Å². The van der Waals surface area contributed by atoms with Crippen molar-refractivity contribution in [3.63, 3.8) is 0 Å². The molecule has 29 heavy (non-hydrogen) atoms. The van der Waals surface area contributed by atoms with Crippen molar-refractivity contribution in [2.75, 3.05) is 19.6 Å². The maximum absolute atomic E-state index is 5.65. The number of nitrogens with zero attached hydrogens (tertiary/aromatic N) is 1. The van der Waals surface area contributed by atoms with Crippen LogP contribution in [-0.2, 0) is 0 Å². The zero-order valence-corrected chi connectivity index (χ0v) is 17.5. The Kier molecular flexibility index (Phi) is 7.02. The molecule has 0 bridgehead atoms. The van der Waals surface area contributed by atoms with E-state index in [2.05, 4.69) is 70.7 Å². The molecule has 1 fully saturated rings. The molecule has 1 heterocycles. The van der Waals surface area contributed by atoms with Crippen molar-refractivity contribution in [2.24, 2.45) is 5.73 Å². The van der Waals surface area contributed by atoms with E-state index in [9.17, 15) is 0 Å². The number of benzene rings is 2. The Balaban J connectivity index is 1.67. The fraction of sp³-hybridized carbons (Fsp3) is 0.462. The number of nitrogens with two attached hydrogens (primary N) is 1. The molecule has 1 atom stereocenters. The van der Waals surface area contributed by atoms with Gasteiger partial charge in [-0.2, -0.15) is 0 Å². The summed E-state index contributed by atoms with van der Waals surface area (Å²) in [7, 11) is 0. The number of rotatable bonds is 9. The van der Waals surface area contributed by atoms with Crippen molar-refractivity contribution in [1.29, 1.82) is 0 Å². The molecule has 1 aromatic heterocycles. The highest BCUT2D eigenvalue weighted by molar-refractivity contribution is 5.85. The van der Waals surface area contributed by atoms with E-state index in [1.54, 1.807) is 0 Å². The maximum atomic E-state index is 5.65. The summed E-state index contributed by atoms with van der Waals surface area (Å²) in [6.07, 6.45) is 11.4.